The van der Waals surface area contributed by atoms with E-state index in [1.165, 1.54) is 5.56 Å². The molecule has 0 spiro atoms. The van der Waals surface area contributed by atoms with Crippen molar-refractivity contribution in [3.8, 4) is 0 Å². The van der Waals surface area contributed by atoms with Crippen LogP contribution >= 0.6 is 11.6 Å². The summed E-state index contributed by atoms with van der Waals surface area (Å²) < 4.78 is 0. The lowest BCUT2D eigenvalue weighted by Crippen LogP contribution is -2.08. The lowest BCUT2D eigenvalue weighted by atomic mass is 10.1. The molecule has 0 radical (unpaired) electrons. The molecular formula is C14H12ClN3. The maximum atomic E-state index is 6.00. The molecule has 3 rings (SSSR count). The van der Waals surface area contributed by atoms with Crippen molar-refractivity contribution in [3.05, 3.63) is 47.0 Å². The molecule has 0 fully saturated rings. The van der Waals surface area contributed by atoms with Crippen LogP contribution in [0.5, 0.6) is 0 Å². The summed E-state index contributed by atoms with van der Waals surface area (Å²) in [5, 5.41) is 2.66. The molecule has 0 amide bonds. The zero-order valence-electron chi connectivity index (χ0n) is 9.87. The topological polar surface area (TPSA) is 50.9 Å². The number of anilines is 1. The van der Waals surface area contributed by atoms with E-state index in [1.54, 1.807) is 0 Å². The van der Waals surface area contributed by atoms with Crippen LogP contribution in [0.3, 0.4) is 0 Å². The largest absolute Gasteiger partial charge is 0.323 e. The van der Waals surface area contributed by atoms with Crippen molar-refractivity contribution in [1.29, 1.82) is 0 Å². The second-order valence-electron chi connectivity index (χ2n) is 4.31. The molecule has 0 aliphatic rings. The molecule has 0 atom stereocenters. The predicted molar refractivity (Wildman–Crippen MR) is 76.8 cm³/mol. The van der Waals surface area contributed by atoms with Gasteiger partial charge in [0.05, 0.1) is 16.7 Å². The number of pyridine rings is 1. The number of hydrogen-bond acceptors (Lipinski definition) is 3. The van der Waals surface area contributed by atoms with Gasteiger partial charge in [-0.1, -0.05) is 23.2 Å². The smallest absolute Gasteiger partial charge is 0.0745 e. The third-order valence-electron chi connectivity index (χ3n) is 3.04. The highest BCUT2D eigenvalue weighted by atomic mass is 35.5. The average Bonchev–Trinajstić information content (AvgIpc) is 2.36. The number of aromatic nitrogens is 1. The Balaban J connectivity index is 2.52. The van der Waals surface area contributed by atoms with Gasteiger partial charge in [0, 0.05) is 15.8 Å². The summed E-state index contributed by atoms with van der Waals surface area (Å²) in [6.07, 6.45) is 0. The van der Waals surface area contributed by atoms with Gasteiger partial charge in [-0.05, 0) is 37.3 Å². The average molecular weight is 258 g/mol. The van der Waals surface area contributed by atoms with Gasteiger partial charge in [0.2, 0.25) is 0 Å². The third-order valence-corrected chi connectivity index (χ3v) is 3.27. The minimum Gasteiger partial charge on any atom is -0.323 e. The van der Waals surface area contributed by atoms with E-state index in [1.807, 2.05) is 37.3 Å². The summed E-state index contributed by atoms with van der Waals surface area (Å²) in [7, 11) is 0. The van der Waals surface area contributed by atoms with Gasteiger partial charge in [0.25, 0.3) is 0 Å². The summed E-state index contributed by atoms with van der Waals surface area (Å²) in [5.41, 5.74) is 6.58. The van der Waals surface area contributed by atoms with Crippen molar-refractivity contribution in [1.82, 2.24) is 4.98 Å². The summed E-state index contributed by atoms with van der Waals surface area (Å²) in [5.74, 6) is 5.66. The van der Waals surface area contributed by atoms with E-state index in [0.29, 0.717) is 5.02 Å². The standard InChI is InChI=1S/C14H12ClN3/c1-8-2-5-12-11(6-8)14(18-16)10-4-3-9(15)7-13(10)17-12/h2-7H,16H2,1H3,(H,17,18). The zero-order valence-corrected chi connectivity index (χ0v) is 10.6. The maximum absolute atomic E-state index is 6.00. The minimum absolute atomic E-state index is 0.671. The van der Waals surface area contributed by atoms with E-state index in [-0.39, 0.29) is 0 Å². The van der Waals surface area contributed by atoms with Crippen LogP contribution in [0.1, 0.15) is 5.56 Å². The number of aryl methyl sites for hydroxylation is 1. The van der Waals surface area contributed by atoms with Crippen molar-refractivity contribution in [2.24, 2.45) is 5.84 Å². The minimum atomic E-state index is 0.671. The molecule has 2 aromatic carbocycles. The molecule has 0 aliphatic heterocycles. The first-order chi connectivity index (χ1) is 8.69. The lowest BCUT2D eigenvalue weighted by molar-refractivity contribution is 1.36. The van der Waals surface area contributed by atoms with E-state index in [2.05, 4.69) is 16.5 Å². The van der Waals surface area contributed by atoms with Gasteiger partial charge in [0.15, 0.2) is 0 Å². The molecule has 18 heavy (non-hydrogen) atoms. The Kier molecular flexibility index (Phi) is 2.58. The number of halogens is 1. The molecule has 0 aliphatic carbocycles. The second-order valence-corrected chi connectivity index (χ2v) is 4.75. The first-order valence-corrected chi connectivity index (χ1v) is 6.03. The van der Waals surface area contributed by atoms with Crippen molar-refractivity contribution in [2.75, 3.05) is 5.43 Å². The van der Waals surface area contributed by atoms with Crippen molar-refractivity contribution < 1.29 is 0 Å². The van der Waals surface area contributed by atoms with Crippen LogP contribution in [0.15, 0.2) is 36.4 Å². The number of hydrazine groups is 1. The quantitative estimate of drug-likeness (QED) is 0.398. The Morgan fingerprint density at radius 1 is 1.06 bits per heavy atom. The van der Waals surface area contributed by atoms with E-state index in [0.717, 1.165) is 27.5 Å². The van der Waals surface area contributed by atoms with E-state index >= 15 is 0 Å². The first-order valence-electron chi connectivity index (χ1n) is 5.65. The molecule has 0 saturated carbocycles. The summed E-state index contributed by atoms with van der Waals surface area (Å²) in [6, 6.07) is 11.7. The molecule has 3 aromatic rings. The zero-order chi connectivity index (χ0) is 12.7. The fourth-order valence-electron chi connectivity index (χ4n) is 2.19. The number of nitrogens with zero attached hydrogens (tertiary/aromatic N) is 1. The van der Waals surface area contributed by atoms with Gasteiger partial charge in [-0.25, -0.2) is 4.98 Å². The predicted octanol–water partition coefficient (Wildman–Crippen LogP) is 3.64. The van der Waals surface area contributed by atoms with E-state index in [9.17, 15) is 0 Å². The maximum Gasteiger partial charge on any atom is 0.0745 e. The summed E-state index contributed by atoms with van der Waals surface area (Å²) in [4.78, 5) is 4.61. The van der Waals surface area contributed by atoms with Crippen molar-refractivity contribution in [2.45, 2.75) is 6.92 Å². The van der Waals surface area contributed by atoms with Crippen LogP contribution in [-0.2, 0) is 0 Å². The summed E-state index contributed by atoms with van der Waals surface area (Å²) >= 11 is 6.00. The highest BCUT2D eigenvalue weighted by Crippen LogP contribution is 2.31. The number of nitrogens with two attached hydrogens (primary N) is 1. The van der Waals surface area contributed by atoms with Crippen LogP contribution in [0.4, 0.5) is 5.69 Å². The number of fused-ring (bicyclic) bond motifs is 2. The van der Waals surface area contributed by atoms with E-state index in [4.69, 9.17) is 17.4 Å². The van der Waals surface area contributed by atoms with Crippen LogP contribution in [0.2, 0.25) is 5.02 Å². The van der Waals surface area contributed by atoms with Gasteiger partial charge < -0.3 is 5.43 Å². The Hall–Kier alpha value is -1.84. The molecule has 0 saturated heterocycles. The number of rotatable bonds is 1. The number of benzene rings is 2. The van der Waals surface area contributed by atoms with Gasteiger partial charge in [-0.2, -0.15) is 0 Å². The van der Waals surface area contributed by atoms with Gasteiger partial charge >= 0.3 is 0 Å². The Labute approximate surface area is 110 Å². The molecule has 90 valence electrons. The fourth-order valence-corrected chi connectivity index (χ4v) is 2.35. The SMILES string of the molecule is Cc1ccc2nc3cc(Cl)ccc3c(NN)c2c1. The first kappa shape index (κ1) is 11.3. The van der Waals surface area contributed by atoms with Crippen LogP contribution in [0, 0.1) is 6.92 Å². The third kappa shape index (κ3) is 1.68. The van der Waals surface area contributed by atoms with Crippen LogP contribution < -0.4 is 11.3 Å². The number of nitrogens with one attached hydrogen (secondary N) is 1. The molecule has 1 aromatic heterocycles. The Bertz CT molecular complexity index is 753. The van der Waals surface area contributed by atoms with E-state index < -0.39 is 0 Å². The monoisotopic (exact) mass is 257 g/mol. The molecular weight excluding hydrogens is 246 g/mol. The van der Waals surface area contributed by atoms with Gasteiger partial charge in [-0.15, -0.1) is 0 Å². The molecule has 0 unspecified atom stereocenters. The Morgan fingerprint density at radius 3 is 2.67 bits per heavy atom. The lowest BCUT2D eigenvalue weighted by Gasteiger charge is -2.10. The highest BCUT2D eigenvalue weighted by molar-refractivity contribution is 6.31. The number of nitrogen functional groups attached to an aromatic ring is 1. The normalized spacial score (nSPS) is 11.1. The molecule has 4 heteroatoms. The molecule has 3 N–H and O–H groups in total. The molecule has 3 nitrogen and oxygen atoms in total. The van der Waals surface area contributed by atoms with Crippen LogP contribution in [0.25, 0.3) is 21.8 Å². The van der Waals surface area contributed by atoms with Crippen LogP contribution in [-0.4, -0.2) is 4.98 Å². The molecule has 1 heterocycles. The van der Waals surface area contributed by atoms with Gasteiger partial charge in [0.1, 0.15) is 0 Å². The summed E-state index contributed by atoms with van der Waals surface area (Å²) in [6.45, 7) is 2.05. The Morgan fingerprint density at radius 2 is 1.89 bits per heavy atom. The highest BCUT2D eigenvalue weighted by Gasteiger charge is 2.08. The van der Waals surface area contributed by atoms with Crippen molar-refractivity contribution >= 4 is 39.1 Å². The second kappa shape index (κ2) is 4.12. The molecule has 0 bridgehead atoms. The van der Waals surface area contributed by atoms with Crippen molar-refractivity contribution in [3.63, 3.8) is 0 Å². The van der Waals surface area contributed by atoms with Gasteiger partial charge in [-0.3, -0.25) is 5.84 Å². The number of hydrogen-bond donors (Lipinski definition) is 2. The fraction of sp³-hybridized carbons (Fsp3) is 0.0714.